The standard InChI is InChI=1S/C18H17N3O4/c22-9-11-5-6-13(7-12(11)10-23)19-17(24)8-16-14-3-1-2-4-15(14)18(25)21-20-16/h1-7,22-23H,8-10H2,(H,19,24)(H,21,25). The molecule has 0 saturated heterocycles. The van der Waals surface area contributed by atoms with Crippen molar-refractivity contribution in [2.24, 2.45) is 0 Å². The van der Waals surface area contributed by atoms with Crippen molar-refractivity contribution in [1.82, 2.24) is 10.2 Å². The summed E-state index contributed by atoms with van der Waals surface area (Å²) in [7, 11) is 0. The van der Waals surface area contributed by atoms with Crippen molar-refractivity contribution < 1.29 is 15.0 Å². The highest BCUT2D eigenvalue weighted by Gasteiger charge is 2.11. The van der Waals surface area contributed by atoms with Crippen LogP contribution < -0.4 is 10.9 Å². The van der Waals surface area contributed by atoms with E-state index in [4.69, 9.17) is 0 Å². The highest BCUT2D eigenvalue weighted by Crippen LogP contribution is 2.17. The van der Waals surface area contributed by atoms with Crippen LogP contribution in [-0.4, -0.2) is 26.3 Å². The summed E-state index contributed by atoms with van der Waals surface area (Å²) in [5, 5.41) is 28.7. The first-order valence-electron chi connectivity index (χ1n) is 7.72. The van der Waals surface area contributed by atoms with Crippen LogP contribution in [0.25, 0.3) is 10.8 Å². The molecule has 0 atom stereocenters. The number of carbonyl (C=O) groups is 1. The number of rotatable bonds is 5. The Labute approximate surface area is 142 Å². The molecule has 0 unspecified atom stereocenters. The number of nitrogens with zero attached hydrogens (tertiary/aromatic N) is 1. The highest BCUT2D eigenvalue weighted by molar-refractivity contribution is 5.95. The lowest BCUT2D eigenvalue weighted by atomic mass is 10.1. The van der Waals surface area contributed by atoms with Gasteiger partial charge in [-0.15, -0.1) is 0 Å². The van der Waals surface area contributed by atoms with E-state index < -0.39 is 0 Å². The Bertz CT molecular complexity index is 981. The minimum absolute atomic E-state index is 0.00645. The zero-order chi connectivity index (χ0) is 17.8. The van der Waals surface area contributed by atoms with Crippen molar-refractivity contribution in [3.05, 3.63) is 69.6 Å². The van der Waals surface area contributed by atoms with E-state index in [0.717, 1.165) is 0 Å². The largest absolute Gasteiger partial charge is 0.392 e. The van der Waals surface area contributed by atoms with Crippen molar-refractivity contribution in [2.45, 2.75) is 19.6 Å². The van der Waals surface area contributed by atoms with Gasteiger partial charge < -0.3 is 15.5 Å². The molecule has 0 aliphatic heterocycles. The van der Waals surface area contributed by atoms with Gasteiger partial charge in [-0.3, -0.25) is 9.59 Å². The predicted molar refractivity (Wildman–Crippen MR) is 93.0 cm³/mol. The molecule has 2 aromatic carbocycles. The van der Waals surface area contributed by atoms with Crippen LogP contribution >= 0.6 is 0 Å². The van der Waals surface area contributed by atoms with Gasteiger partial charge in [0.1, 0.15) is 0 Å². The Kier molecular flexibility index (Phi) is 4.87. The summed E-state index contributed by atoms with van der Waals surface area (Å²) in [4.78, 5) is 24.1. The van der Waals surface area contributed by atoms with Crippen LogP contribution in [0.15, 0.2) is 47.3 Å². The maximum absolute atomic E-state index is 12.3. The van der Waals surface area contributed by atoms with Crippen molar-refractivity contribution in [1.29, 1.82) is 0 Å². The molecule has 4 N–H and O–H groups in total. The van der Waals surface area contributed by atoms with Gasteiger partial charge >= 0.3 is 0 Å². The van der Waals surface area contributed by atoms with Crippen molar-refractivity contribution in [3.63, 3.8) is 0 Å². The Morgan fingerprint density at radius 3 is 2.48 bits per heavy atom. The van der Waals surface area contributed by atoms with Gasteiger partial charge in [-0.2, -0.15) is 5.10 Å². The third-order valence-electron chi connectivity index (χ3n) is 3.93. The number of nitrogens with one attached hydrogen (secondary N) is 2. The highest BCUT2D eigenvalue weighted by atomic mass is 16.3. The average Bonchev–Trinajstić information content (AvgIpc) is 2.64. The van der Waals surface area contributed by atoms with E-state index in [9.17, 15) is 19.8 Å². The Balaban J connectivity index is 1.82. The van der Waals surface area contributed by atoms with Crippen molar-refractivity contribution >= 4 is 22.4 Å². The summed E-state index contributed by atoms with van der Waals surface area (Å²) in [5.41, 5.74) is 1.84. The molecule has 1 heterocycles. The fraction of sp³-hybridized carbons (Fsp3) is 0.167. The summed E-state index contributed by atoms with van der Waals surface area (Å²) in [6, 6.07) is 11.9. The molecule has 1 amide bonds. The summed E-state index contributed by atoms with van der Waals surface area (Å²) < 4.78 is 0. The third-order valence-corrected chi connectivity index (χ3v) is 3.93. The van der Waals surface area contributed by atoms with Crippen LogP contribution in [0.3, 0.4) is 0 Å². The number of aliphatic hydroxyl groups excluding tert-OH is 2. The van der Waals surface area contributed by atoms with E-state index in [-0.39, 0.29) is 31.1 Å². The first-order chi connectivity index (χ1) is 12.1. The normalized spacial score (nSPS) is 10.8. The number of hydrogen-bond donors (Lipinski definition) is 4. The summed E-state index contributed by atoms with van der Waals surface area (Å²) in [6.45, 7) is -0.414. The molecule has 0 bridgehead atoms. The van der Waals surface area contributed by atoms with Gasteiger partial charge in [0.05, 0.1) is 30.7 Å². The van der Waals surface area contributed by atoms with Crippen LogP contribution in [0.2, 0.25) is 0 Å². The Morgan fingerprint density at radius 1 is 1.04 bits per heavy atom. The van der Waals surface area contributed by atoms with E-state index in [1.54, 1.807) is 42.5 Å². The first kappa shape index (κ1) is 16.8. The zero-order valence-electron chi connectivity index (χ0n) is 13.3. The molecule has 3 aromatic rings. The van der Waals surface area contributed by atoms with Gasteiger partial charge in [-0.25, -0.2) is 5.10 Å². The molecule has 0 radical (unpaired) electrons. The van der Waals surface area contributed by atoms with Crippen molar-refractivity contribution in [3.8, 4) is 0 Å². The minimum atomic E-state index is -0.301. The van der Waals surface area contributed by atoms with Crippen molar-refractivity contribution in [2.75, 3.05) is 5.32 Å². The lowest BCUT2D eigenvalue weighted by molar-refractivity contribution is -0.115. The predicted octanol–water partition coefficient (Wildman–Crippen LogP) is 1.09. The lowest BCUT2D eigenvalue weighted by Crippen LogP contribution is -2.18. The number of aromatic nitrogens is 2. The molecule has 1 aromatic heterocycles. The van der Waals surface area contributed by atoms with Gasteiger partial charge in [0, 0.05) is 11.1 Å². The number of aromatic amines is 1. The third kappa shape index (κ3) is 3.57. The number of benzene rings is 2. The molecule has 7 nitrogen and oxygen atoms in total. The van der Waals surface area contributed by atoms with Crippen LogP contribution in [0.1, 0.15) is 16.8 Å². The SMILES string of the molecule is O=C(Cc1n[nH]c(=O)c2ccccc12)Nc1ccc(CO)c(CO)c1. The molecule has 3 rings (SSSR count). The molecule has 25 heavy (non-hydrogen) atoms. The summed E-state index contributed by atoms with van der Waals surface area (Å²) >= 11 is 0. The second-order valence-electron chi connectivity index (χ2n) is 5.57. The lowest BCUT2D eigenvalue weighted by Gasteiger charge is -2.10. The van der Waals surface area contributed by atoms with Gasteiger partial charge in [-0.1, -0.05) is 24.3 Å². The monoisotopic (exact) mass is 339 g/mol. The zero-order valence-corrected chi connectivity index (χ0v) is 13.3. The fourth-order valence-corrected chi connectivity index (χ4v) is 2.67. The molecule has 128 valence electrons. The number of aliphatic hydroxyl groups is 2. The van der Waals surface area contributed by atoms with E-state index in [1.165, 1.54) is 0 Å². The number of hydrogen-bond acceptors (Lipinski definition) is 5. The molecule has 0 spiro atoms. The van der Waals surface area contributed by atoms with Gasteiger partial charge in [-0.05, 0) is 29.3 Å². The molecule has 0 aliphatic rings. The average molecular weight is 339 g/mol. The first-order valence-corrected chi connectivity index (χ1v) is 7.72. The topological polar surface area (TPSA) is 115 Å². The van der Waals surface area contributed by atoms with Crippen LogP contribution in [0.5, 0.6) is 0 Å². The quantitative estimate of drug-likeness (QED) is 0.555. The number of fused-ring (bicyclic) bond motifs is 1. The Morgan fingerprint density at radius 2 is 1.76 bits per heavy atom. The van der Waals surface area contributed by atoms with Crippen LogP contribution in [0, 0.1) is 0 Å². The van der Waals surface area contributed by atoms with Crippen LogP contribution in [0.4, 0.5) is 5.69 Å². The molecule has 0 saturated carbocycles. The van der Waals surface area contributed by atoms with Crippen LogP contribution in [-0.2, 0) is 24.4 Å². The van der Waals surface area contributed by atoms with E-state index in [0.29, 0.717) is 33.3 Å². The molecule has 0 aliphatic carbocycles. The number of H-pyrrole nitrogens is 1. The number of amides is 1. The number of anilines is 1. The molecular weight excluding hydrogens is 322 g/mol. The van der Waals surface area contributed by atoms with Gasteiger partial charge in [0.2, 0.25) is 5.91 Å². The smallest absolute Gasteiger partial charge is 0.272 e. The van der Waals surface area contributed by atoms with E-state index >= 15 is 0 Å². The second-order valence-corrected chi connectivity index (χ2v) is 5.57. The summed E-state index contributed by atoms with van der Waals surface area (Å²) in [5.74, 6) is -0.301. The minimum Gasteiger partial charge on any atom is -0.392 e. The van der Waals surface area contributed by atoms with E-state index in [2.05, 4.69) is 15.5 Å². The second kappa shape index (κ2) is 7.25. The number of carbonyl (C=O) groups excluding carboxylic acids is 1. The maximum Gasteiger partial charge on any atom is 0.272 e. The molecule has 0 fully saturated rings. The van der Waals surface area contributed by atoms with Gasteiger partial charge in [0.25, 0.3) is 5.56 Å². The van der Waals surface area contributed by atoms with Gasteiger partial charge in [0.15, 0.2) is 0 Å². The molecular formula is C18H17N3O4. The summed E-state index contributed by atoms with van der Waals surface area (Å²) in [6.07, 6.45) is -0.00645. The fourth-order valence-electron chi connectivity index (χ4n) is 2.67. The maximum atomic E-state index is 12.3. The molecule has 7 heteroatoms. The van der Waals surface area contributed by atoms with E-state index in [1.807, 2.05) is 0 Å². The Hall–Kier alpha value is -3.03.